The van der Waals surface area contributed by atoms with Crippen molar-refractivity contribution < 1.29 is 14.3 Å². The minimum atomic E-state index is -0.183. The molecule has 0 spiro atoms. The smallest absolute Gasteiger partial charge is 0.222 e. The summed E-state index contributed by atoms with van der Waals surface area (Å²) in [5.41, 5.74) is 5.47. The Morgan fingerprint density at radius 1 is 1.18 bits per heavy atom. The molecule has 3 N–H and O–H groups in total. The second kappa shape index (κ2) is 6.33. The molecule has 17 heavy (non-hydrogen) atoms. The molecule has 0 aromatic rings. The second-order valence-electron chi connectivity index (χ2n) is 4.83. The van der Waals surface area contributed by atoms with Gasteiger partial charge in [-0.3, -0.25) is 4.79 Å². The van der Waals surface area contributed by atoms with Gasteiger partial charge in [-0.05, 0) is 12.8 Å². The van der Waals surface area contributed by atoms with E-state index in [1.165, 1.54) is 6.42 Å². The van der Waals surface area contributed by atoms with Crippen LogP contribution in [0.15, 0.2) is 0 Å². The van der Waals surface area contributed by atoms with Gasteiger partial charge >= 0.3 is 0 Å². The van der Waals surface area contributed by atoms with E-state index in [1.54, 1.807) is 0 Å². The third kappa shape index (κ3) is 3.66. The Balaban J connectivity index is 1.83. The summed E-state index contributed by atoms with van der Waals surface area (Å²) in [7, 11) is 0. The highest BCUT2D eigenvalue weighted by Crippen LogP contribution is 2.23. The lowest BCUT2D eigenvalue weighted by atomic mass is 9.94. The monoisotopic (exact) mass is 242 g/mol. The summed E-state index contributed by atoms with van der Waals surface area (Å²) in [6.07, 6.45) is 5.21. The maximum atomic E-state index is 11.4. The maximum Gasteiger partial charge on any atom is 0.222 e. The number of nitrogens with one attached hydrogen (secondary N) is 1. The van der Waals surface area contributed by atoms with Crippen LogP contribution in [0.25, 0.3) is 0 Å². The average molecular weight is 242 g/mol. The predicted octanol–water partition coefficient (Wildman–Crippen LogP) is 0.383. The van der Waals surface area contributed by atoms with Crippen LogP contribution in [0.3, 0.4) is 0 Å². The quantitative estimate of drug-likeness (QED) is 0.699. The van der Waals surface area contributed by atoms with E-state index in [-0.39, 0.29) is 24.2 Å². The Labute approximate surface area is 102 Å². The van der Waals surface area contributed by atoms with Crippen LogP contribution in [0.2, 0.25) is 0 Å². The summed E-state index contributed by atoms with van der Waals surface area (Å²) in [5.74, 6) is -0.225. The molecular formula is C12H22N2O3. The fourth-order valence-electron chi connectivity index (χ4n) is 2.67. The number of nitrogens with two attached hydrogens (primary N) is 1. The lowest BCUT2D eigenvalue weighted by molar-refractivity contribution is -0.123. The number of hydrogen-bond acceptors (Lipinski definition) is 4. The lowest BCUT2D eigenvalue weighted by Crippen LogP contribution is -2.45. The Morgan fingerprint density at radius 2 is 1.88 bits per heavy atom. The van der Waals surface area contributed by atoms with E-state index < -0.39 is 0 Å². The van der Waals surface area contributed by atoms with Crippen LogP contribution in [0.1, 0.15) is 32.1 Å². The normalized spacial score (nSPS) is 31.3. The number of rotatable bonds is 4. The highest BCUT2D eigenvalue weighted by atomic mass is 16.7. The molecule has 0 bridgehead atoms. The minimum absolute atomic E-state index is 0.0427. The third-order valence-electron chi connectivity index (χ3n) is 3.62. The maximum absolute atomic E-state index is 11.4. The minimum Gasteiger partial charge on any atom is -0.369 e. The molecule has 2 atom stereocenters. The van der Waals surface area contributed by atoms with Crippen LogP contribution in [0.5, 0.6) is 0 Å². The zero-order valence-electron chi connectivity index (χ0n) is 10.2. The summed E-state index contributed by atoms with van der Waals surface area (Å²) in [6.45, 7) is 1.97. The lowest BCUT2D eigenvalue weighted by Gasteiger charge is -2.24. The molecule has 2 aliphatic rings. The number of hydrogen-bond donors (Lipinski definition) is 2. The Kier molecular flexibility index (Phi) is 4.76. The number of amides is 1. The number of primary amides is 1. The van der Waals surface area contributed by atoms with Gasteiger partial charge in [0.1, 0.15) is 0 Å². The van der Waals surface area contributed by atoms with Crippen LogP contribution in [-0.4, -0.2) is 38.0 Å². The van der Waals surface area contributed by atoms with E-state index in [0.29, 0.717) is 19.8 Å². The van der Waals surface area contributed by atoms with E-state index in [2.05, 4.69) is 5.32 Å². The van der Waals surface area contributed by atoms with Crippen molar-refractivity contribution >= 4 is 5.91 Å². The second-order valence-corrected chi connectivity index (χ2v) is 4.83. The molecule has 1 amide bonds. The molecule has 5 heteroatoms. The fraction of sp³-hybridized carbons (Fsp3) is 0.917. The summed E-state index contributed by atoms with van der Waals surface area (Å²) < 4.78 is 10.7. The van der Waals surface area contributed by atoms with Crippen molar-refractivity contribution in [2.75, 3.05) is 19.8 Å². The Morgan fingerprint density at radius 3 is 2.59 bits per heavy atom. The third-order valence-corrected chi connectivity index (χ3v) is 3.62. The number of ether oxygens (including phenoxy) is 2. The number of carbonyl (C=O) groups excluding carboxylic acids is 1. The van der Waals surface area contributed by atoms with Gasteiger partial charge in [0.05, 0.1) is 19.1 Å². The zero-order chi connectivity index (χ0) is 12.1. The van der Waals surface area contributed by atoms with Crippen molar-refractivity contribution in [1.82, 2.24) is 5.32 Å². The first-order valence-electron chi connectivity index (χ1n) is 6.53. The van der Waals surface area contributed by atoms with Gasteiger partial charge in [-0.15, -0.1) is 0 Å². The fourth-order valence-corrected chi connectivity index (χ4v) is 2.67. The van der Waals surface area contributed by atoms with Crippen LogP contribution < -0.4 is 11.1 Å². The molecule has 1 saturated heterocycles. The summed E-state index contributed by atoms with van der Waals surface area (Å²) in [4.78, 5) is 11.4. The van der Waals surface area contributed by atoms with Crippen LogP contribution >= 0.6 is 0 Å². The van der Waals surface area contributed by atoms with Crippen molar-refractivity contribution in [3.8, 4) is 0 Å². The van der Waals surface area contributed by atoms with Crippen LogP contribution in [0.4, 0.5) is 0 Å². The molecule has 2 fully saturated rings. The zero-order valence-corrected chi connectivity index (χ0v) is 10.2. The van der Waals surface area contributed by atoms with Gasteiger partial charge in [-0.2, -0.15) is 0 Å². The molecule has 98 valence electrons. The van der Waals surface area contributed by atoms with Gasteiger partial charge in [0.15, 0.2) is 6.29 Å². The highest BCUT2D eigenvalue weighted by molar-refractivity contribution is 5.77. The van der Waals surface area contributed by atoms with E-state index in [0.717, 1.165) is 25.7 Å². The van der Waals surface area contributed by atoms with E-state index >= 15 is 0 Å². The Hall–Kier alpha value is -0.650. The van der Waals surface area contributed by atoms with E-state index in [1.807, 2.05) is 0 Å². The molecule has 1 aliphatic heterocycles. The molecule has 0 aromatic heterocycles. The van der Waals surface area contributed by atoms with E-state index in [4.69, 9.17) is 15.2 Å². The first-order chi connectivity index (χ1) is 8.27. The molecule has 2 rings (SSSR count). The molecule has 1 aliphatic carbocycles. The number of carbonyl (C=O) groups is 1. The molecule has 0 radical (unpaired) electrons. The topological polar surface area (TPSA) is 73.6 Å². The Bertz CT molecular complexity index is 254. The highest BCUT2D eigenvalue weighted by Gasteiger charge is 2.28. The van der Waals surface area contributed by atoms with E-state index in [9.17, 15) is 4.79 Å². The van der Waals surface area contributed by atoms with Crippen LogP contribution in [0, 0.1) is 5.92 Å². The van der Waals surface area contributed by atoms with Gasteiger partial charge < -0.3 is 20.5 Å². The summed E-state index contributed by atoms with van der Waals surface area (Å²) in [5, 5.41) is 3.38. The molecule has 1 saturated carbocycles. The van der Waals surface area contributed by atoms with Crippen molar-refractivity contribution in [2.45, 2.75) is 44.4 Å². The summed E-state index contributed by atoms with van der Waals surface area (Å²) >= 11 is 0. The molecular weight excluding hydrogens is 220 g/mol. The first kappa shape index (κ1) is 12.8. The standard InChI is InChI=1S/C12H22N2O3/c13-12(15)9-4-2-1-3-5-10(9)14-8-11-16-6-7-17-11/h9-11,14H,1-8H2,(H2,13,15). The van der Waals surface area contributed by atoms with Gasteiger partial charge in [-0.25, -0.2) is 0 Å². The largest absolute Gasteiger partial charge is 0.369 e. The van der Waals surface area contributed by atoms with Crippen molar-refractivity contribution in [3.63, 3.8) is 0 Å². The average Bonchev–Trinajstić information content (AvgIpc) is 2.70. The van der Waals surface area contributed by atoms with Crippen LogP contribution in [-0.2, 0) is 14.3 Å². The molecule has 2 unspecified atom stereocenters. The van der Waals surface area contributed by atoms with Gasteiger partial charge in [0.25, 0.3) is 0 Å². The first-order valence-corrected chi connectivity index (χ1v) is 6.53. The van der Waals surface area contributed by atoms with Crippen molar-refractivity contribution in [2.24, 2.45) is 11.7 Å². The van der Waals surface area contributed by atoms with Gasteiger partial charge in [-0.1, -0.05) is 19.3 Å². The summed E-state index contributed by atoms with van der Waals surface area (Å²) in [6, 6.07) is 0.183. The molecule has 5 nitrogen and oxygen atoms in total. The van der Waals surface area contributed by atoms with Crippen molar-refractivity contribution in [3.05, 3.63) is 0 Å². The molecule has 1 heterocycles. The van der Waals surface area contributed by atoms with Gasteiger partial charge in [0.2, 0.25) is 5.91 Å². The van der Waals surface area contributed by atoms with Gasteiger partial charge in [0, 0.05) is 12.6 Å². The SMILES string of the molecule is NC(=O)C1CCCCCC1NCC1OCCO1. The predicted molar refractivity (Wildman–Crippen MR) is 63.3 cm³/mol. The molecule has 0 aromatic carbocycles. The van der Waals surface area contributed by atoms with Crippen molar-refractivity contribution in [1.29, 1.82) is 0 Å².